The zero-order valence-corrected chi connectivity index (χ0v) is 20.6. The molecular weight excluding hydrogens is 364 g/mol. The van der Waals surface area contributed by atoms with Crippen LogP contribution in [-0.4, -0.2) is 11.2 Å². The molecule has 0 spiro atoms. The first-order chi connectivity index (χ1) is 16.0. The Morgan fingerprint density at radius 2 is 1.70 bits per heavy atom. The molecule has 1 unspecified atom stereocenters. The lowest BCUT2D eigenvalue weighted by molar-refractivity contribution is -0.129. The average Bonchev–Trinajstić information content (AvgIpc) is 3.09. The van der Waals surface area contributed by atoms with Crippen molar-refractivity contribution in [1.82, 2.24) is 0 Å². The van der Waals surface area contributed by atoms with E-state index in [9.17, 15) is 5.11 Å². The van der Waals surface area contributed by atoms with Crippen molar-refractivity contribution in [2.24, 2.45) is 58.2 Å². The fourth-order valence-electron chi connectivity index (χ4n) is 9.10. The molecule has 0 bridgehead atoms. The van der Waals surface area contributed by atoms with E-state index < -0.39 is 30.2 Å². The van der Waals surface area contributed by atoms with Gasteiger partial charge >= 0.3 is 0 Å². The van der Waals surface area contributed by atoms with Crippen molar-refractivity contribution in [1.29, 1.82) is 0 Å². The Labute approximate surface area is 195 Å². The number of hydrogen-bond acceptors (Lipinski definition) is 1. The van der Waals surface area contributed by atoms with Gasteiger partial charge in [0, 0.05) is 5.48 Å². The molecule has 0 saturated heterocycles. The minimum Gasteiger partial charge on any atom is -0.393 e. The third-order valence-electron chi connectivity index (χ3n) is 11.0. The second-order valence-corrected chi connectivity index (χ2v) is 12.6. The van der Waals surface area contributed by atoms with E-state index in [-0.39, 0.29) is 6.42 Å². The summed E-state index contributed by atoms with van der Waals surface area (Å²) in [6, 6.07) is 0. The zero-order valence-electron chi connectivity index (χ0n) is 25.6. The Morgan fingerprint density at radius 1 is 0.967 bits per heavy atom. The van der Waals surface area contributed by atoms with Crippen LogP contribution < -0.4 is 0 Å². The van der Waals surface area contributed by atoms with Gasteiger partial charge < -0.3 is 5.11 Å². The quantitative estimate of drug-likeness (QED) is 0.459. The summed E-state index contributed by atoms with van der Waals surface area (Å²) in [5, 5.41) is 10.7. The van der Waals surface area contributed by atoms with Gasteiger partial charge in [0.15, 0.2) is 0 Å². The summed E-state index contributed by atoms with van der Waals surface area (Å²) >= 11 is 0. The Kier molecular flexibility index (Phi) is 5.07. The van der Waals surface area contributed by atoms with Crippen molar-refractivity contribution in [3.8, 4) is 0 Å². The molecule has 4 saturated carbocycles. The molecule has 0 heterocycles. The number of aliphatic hydroxyl groups is 1. The van der Waals surface area contributed by atoms with Crippen LogP contribution in [0.25, 0.3) is 0 Å². The SMILES string of the molecule is [2H]C1([2H])C[C@@]2(C)C(CC[C@H]3[C@@H]4CC[C@H]([C@H](C)CC[C@@H](CC)C(C)C)[C@@]4(C)CC[C@@H]32)C([2H])([2H])[C@@]1([2H])O. The molecule has 0 amide bonds. The third kappa shape index (κ3) is 3.82. The number of rotatable bonds is 6. The largest absolute Gasteiger partial charge is 0.393 e. The van der Waals surface area contributed by atoms with Gasteiger partial charge in [0.25, 0.3) is 0 Å². The van der Waals surface area contributed by atoms with Gasteiger partial charge in [0.05, 0.1) is 7.45 Å². The lowest BCUT2D eigenvalue weighted by atomic mass is 9.44. The lowest BCUT2D eigenvalue weighted by Gasteiger charge is -2.61. The molecule has 4 aliphatic carbocycles. The Hall–Kier alpha value is -0.0400. The average molecular weight is 422 g/mol. The fourth-order valence-corrected chi connectivity index (χ4v) is 9.10. The van der Waals surface area contributed by atoms with Gasteiger partial charge in [-0.2, -0.15) is 0 Å². The molecule has 4 rings (SSSR count). The monoisotopic (exact) mass is 421 g/mol. The van der Waals surface area contributed by atoms with Gasteiger partial charge in [0.2, 0.25) is 0 Å². The summed E-state index contributed by atoms with van der Waals surface area (Å²) in [6.07, 6.45) is 3.24. The highest BCUT2D eigenvalue weighted by Gasteiger charge is 2.60. The van der Waals surface area contributed by atoms with Crippen molar-refractivity contribution in [3.63, 3.8) is 0 Å². The van der Waals surface area contributed by atoms with Gasteiger partial charge in [-0.25, -0.2) is 0 Å². The third-order valence-corrected chi connectivity index (χ3v) is 11.0. The maximum absolute atomic E-state index is 10.7. The highest BCUT2D eigenvalue weighted by Crippen LogP contribution is 2.68. The summed E-state index contributed by atoms with van der Waals surface area (Å²) in [4.78, 5) is 0. The first kappa shape index (κ1) is 17.4. The highest BCUT2D eigenvalue weighted by molar-refractivity contribution is 5.09. The minimum atomic E-state index is -2.69. The van der Waals surface area contributed by atoms with Crippen LogP contribution in [0, 0.1) is 58.2 Å². The van der Waals surface area contributed by atoms with E-state index in [0.717, 1.165) is 42.9 Å². The smallest absolute Gasteiger partial charge is 0.0600 e. The van der Waals surface area contributed by atoms with Crippen molar-refractivity contribution < 1.29 is 12.0 Å². The van der Waals surface area contributed by atoms with Gasteiger partial charge in [-0.05, 0) is 122 Å². The molecule has 0 radical (unpaired) electrons. The van der Waals surface area contributed by atoms with Gasteiger partial charge in [-0.3, -0.25) is 0 Å². The molecule has 10 atom stereocenters. The van der Waals surface area contributed by atoms with Crippen LogP contribution in [0.5, 0.6) is 0 Å². The van der Waals surface area contributed by atoms with Gasteiger partial charge in [-0.15, -0.1) is 0 Å². The second kappa shape index (κ2) is 8.72. The maximum Gasteiger partial charge on any atom is 0.0600 e. The van der Waals surface area contributed by atoms with E-state index in [1.54, 1.807) is 0 Å². The van der Waals surface area contributed by atoms with E-state index >= 15 is 0 Å². The standard InChI is InChI=1S/C29H52O/c1-7-21(19(2)3)9-8-20(4)25-12-13-26-24-11-10-22-18-23(30)14-16-28(22,5)27(24)15-17-29(25,26)6/h19-27,30H,7-18H2,1-6H3/t20-,21-,22?,23+,24+,25-,26+,27+,28+,29-/m1/s1/i14D2,18D2,23D. The molecule has 174 valence electrons. The molecule has 0 aliphatic heterocycles. The molecule has 0 aromatic carbocycles. The number of hydrogen-bond donors (Lipinski definition) is 1. The number of fused-ring (bicyclic) bond motifs is 5. The van der Waals surface area contributed by atoms with E-state index in [1.807, 2.05) is 0 Å². The van der Waals surface area contributed by atoms with Crippen LogP contribution in [0.2, 0.25) is 0 Å². The van der Waals surface area contributed by atoms with Crippen LogP contribution in [0.4, 0.5) is 0 Å². The van der Waals surface area contributed by atoms with Crippen molar-refractivity contribution in [2.45, 2.75) is 125 Å². The van der Waals surface area contributed by atoms with Crippen molar-refractivity contribution in [2.75, 3.05) is 0 Å². The maximum atomic E-state index is 10.7. The van der Waals surface area contributed by atoms with E-state index in [2.05, 4.69) is 41.5 Å². The van der Waals surface area contributed by atoms with Gasteiger partial charge in [-0.1, -0.05) is 54.4 Å². The Morgan fingerprint density at radius 3 is 2.40 bits per heavy atom. The normalized spacial score (nSPS) is 56.3. The lowest BCUT2D eigenvalue weighted by Crippen LogP contribution is -2.54. The summed E-state index contributed by atoms with van der Waals surface area (Å²) in [5.74, 6) is 4.07. The predicted molar refractivity (Wildman–Crippen MR) is 128 cm³/mol. The first-order valence-corrected chi connectivity index (χ1v) is 13.3. The Balaban J connectivity index is 1.54. The highest BCUT2D eigenvalue weighted by atomic mass is 16.3. The topological polar surface area (TPSA) is 20.2 Å². The molecule has 1 heteroatoms. The van der Waals surface area contributed by atoms with Crippen LogP contribution >= 0.6 is 0 Å². The zero-order chi connectivity index (χ0) is 26.2. The van der Waals surface area contributed by atoms with Crippen LogP contribution in [0.1, 0.15) is 125 Å². The van der Waals surface area contributed by atoms with Crippen molar-refractivity contribution in [3.05, 3.63) is 0 Å². The second-order valence-electron chi connectivity index (χ2n) is 12.6. The van der Waals surface area contributed by atoms with E-state index in [0.29, 0.717) is 29.6 Å². The minimum absolute atomic E-state index is 0.0994. The van der Waals surface area contributed by atoms with E-state index in [4.69, 9.17) is 6.85 Å². The summed E-state index contributed by atoms with van der Waals surface area (Å²) in [6.45, 7) is 14.2. The summed E-state index contributed by atoms with van der Waals surface area (Å²) in [7, 11) is 0. The molecule has 0 aromatic rings. The van der Waals surface area contributed by atoms with Crippen LogP contribution in [-0.2, 0) is 0 Å². The molecule has 0 aromatic heterocycles. The summed E-state index contributed by atoms with van der Waals surface area (Å²) < 4.78 is 42.8. The molecule has 30 heavy (non-hydrogen) atoms. The molecule has 1 nitrogen and oxygen atoms in total. The summed E-state index contributed by atoms with van der Waals surface area (Å²) in [5.41, 5.74) is -0.161. The van der Waals surface area contributed by atoms with Gasteiger partial charge in [0.1, 0.15) is 0 Å². The molecular formula is C29H52O. The molecule has 4 aliphatic rings. The van der Waals surface area contributed by atoms with E-state index in [1.165, 1.54) is 32.1 Å². The fraction of sp³-hybridized carbons (Fsp3) is 1.00. The predicted octanol–water partition coefficient (Wildman–Crippen LogP) is 8.10. The molecule has 1 N–H and O–H groups in total. The van der Waals surface area contributed by atoms with Crippen LogP contribution in [0.3, 0.4) is 0 Å². The van der Waals surface area contributed by atoms with Crippen molar-refractivity contribution >= 4 is 0 Å². The molecule has 4 fully saturated rings. The first-order valence-electron chi connectivity index (χ1n) is 15.8. The Bertz CT molecular complexity index is 781. The van der Waals surface area contributed by atoms with Crippen LogP contribution in [0.15, 0.2) is 0 Å².